The zero-order valence-corrected chi connectivity index (χ0v) is 14.6. The van der Waals surface area contributed by atoms with Crippen LogP contribution >= 0.6 is 0 Å². The molecule has 2 rings (SSSR count). The summed E-state index contributed by atoms with van der Waals surface area (Å²) in [7, 11) is 0. The van der Waals surface area contributed by atoms with E-state index in [1.165, 1.54) is 0 Å². The van der Waals surface area contributed by atoms with Crippen molar-refractivity contribution in [3.05, 3.63) is 29.8 Å². The molecule has 1 heterocycles. The van der Waals surface area contributed by atoms with E-state index in [0.717, 1.165) is 11.3 Å². The minimum Gasteiger partial charge on any atom is -0.325 e. The molecule has 1 aromatic carbocycles. The summed E-state index contributed by atoms with van der Waals surface area (Å²) in [5, 5.41) is 14.1. The summed E-state index contributed by atoms with van der Waals surface area (Å²) in [4.78, 5) is 37.7. The Balaban J connectivity index is 1.99. The highest BCUT2D eigenvalue weighted by Crippen LogP contribution is 2.24. The van der Waals surface area contributed by atoms with E-state index >= 15 is 0 Å². The molecule has 0 saturated carbocycles. The number of nitrogens with zero attached hydrogens (tertiary/aromatic N) is 2. The normalized spacial score (nSPS) is 19.7. The second-order valence-corrected chi connectivity index (χ2v) is 6.82. The van der Waals surface area contributed by atoms with Crippen molar-refractivity contribution in [3.63, 3.8) is 0 Å². The van der Waals surface area contributed by atoms with Crippen molar-refractivity contribution in [2.24, 2.45) is 5.92 Å². The van der Waals surface area contributed by atoms with Crippen LogP contribution in [0.1, 0.15) is 39.2 Å². The number of carbonyl (C=O) groups excluding carboxylic acids is 3. The Morgan fingerprint density at radius 3 is 2.52 bits per heavy atom. The van der Waals surface area contributed by atoms with Gasteiger partial charge in [0, 0.05) is 5.69 Å². The summed E-state index contributed by atoms with van der Waals surface area (Å²) in [6.45, 7) is 5.44. The molecule has 4 amide bonds. The minimum atomic E-state index is -0.962. The smallest absolute Gasteiger partial charge is 0.325 e. The molecule has 7 heteroatoms. The maximum Gasteiger partial charge on any atom is 0.325 e. The maximum atomic E-state index is 12.5. The van der Waals surface area contributed by atoms with Crippen molar-refractivity contribution < 1.29 is 14.4 Å². The van der Waals surface area contributed by atoms with Gasteiger partial charge in [-0.2, -0.15) is 5.26 Å². The number of amides is 4. The Kier molecular flexibility index (Phi) is 5.42. The van der Waals surface area contributed by atoms with Crippen LogP contribution in [0.3, 0.4) is 0 Å². The molecule has 1 aliphatic heterocycles. The molecule has 1 atom stereocenters. The molecule has 0 aliphatic carbocycles. The largest absolute Gasteiger partial charge is 0.325 e. The molecule has 0 spiro atoms. The standard InChI is InChI=1S/C18H22N4O3/c1-12(2)8-9-18(3)16(24)22(17(25)21-18)11-15(23)20-14-6-4-13(10-19)5-7-14/h4-7,12H,8-9,11H2,1-3H3,(H,20,23)(H,21,25). The van der Waals surface area contributed by atoms with Crippen LogP contribution in [-0.2, 0) is 9.59 Å². The van der Waals surface area contributed by atoms with Crippen LogP contribution in [0, 0.1) is 17.2 Å². The van der Waals surface area contributed by atoms with Crippen molar-refractivity contribution in [2.75, 3.05) is 11.9 Å². The van der Waals surface area contributed by atoms with Gasteiger partial charge in [-0.1, -0.05) is 13.8 Å². The zero-order valence-electron chi connectivity index (χ0n) is 14.6. The molecular weight excluding hydrogens is 320 g/mol. The van der Waals surface area contributed by atoms with E-state index in [1.54, 1.807) is 31.2 Å². The molecule has 25 heavy (non-hydrogen) atoms. The molecular formula is C18H22N4O3. The monoisotopic (exact) mass is 342 g/mol. The highest BCUT2D eigenvalue weighted by Gasteiger charge is 2.47. The molecule has 1 saturated heterocycles. The molecule has 1 fully saturated rings. The Morgan fingerprint density at radius 2 is 1.96 bits per heavy atom. The van der Waals surface area contributed by atoms with Gasteiger partial charge in [0.15, 0.2) is 0 Å². The highest BCUT2D eigenvalue weighted by atomic mass is 16.2. The van der Waals surface area contributed by atoms with E-state index in [1.807, 2.05) is 19.9 Å². The average Bonchev–Trinajstić information content (AvgIpc) is 2.77. The fraction of sp³-hybridized carbons (Fsp3) is 0.444. The summed E-state index contributed by atoms with van der Waals surface area (Å²) in [5.74, 6) is -0.440. The van der Waals surface area contributed by atoms with E-state index < -0.39 is 17.5 Å². The molecule has 1 aliphatic rings. The fourth-order valence-electron chi connectivity index (χ4n) is 2.61. The van der Waals surface area contributed by atoms with Crippen molar-refractivity contribution >= 4 is 23.5 Å². The number of nitrogens with one attached hydrogen (secondary N) is 2. The quantitative estimate of drug-likeness (QED) is 0.774. The number of urea groups is 1. The maximum absolute atomic E-state index is 12.5. The van der Waals surface area contributed by atoms with Gasteiger partial charge in [-0.3, -0.25) is 14.5 Å². The molecule has 0 bridgehead atoms. The highest BCUT2D eigenvalue weighted by molar-refractivity contribution is 6.09. The lowest BCUT2D eigenvalue weighted by Gasteiger charge is -2.22. The summed E-state index contributed by atoms with van der Waals surface area (Å²) in [6.07, 6.45) is 1.33. The number of hydrogen-bond acceptors (Lipinski definition) is 4. The van der Waals surface area contributed by atoms with E-state index in [0.29, 0.717) is 23.6 Å². The second kappa shape index (κ2) is 7.34. The molecule has 1 unspecified atom stereocenters. The van der Waals surface area contributed by atoms with Gasteiger partial charge in [-0.05, 0) is 49.9 Å². The predicted octanol–water partition coefficient (Wildman–Crippen LogP) is 2.24. The van der Waals surface area contributed by atoms with Crippen molar-refractivity contribution in [2.45, 2.75) is 39.2 Å². The van der Waals surface area contributed by atoms with Crippen molar-refractivity contribution in [3.8, 4) is 6.07 Å². The molecule has 132 valence electrons. The zero-order chi connectivity index (χ0) is 18.6. The van der Waals surface area contributed by atoms with Crippen molar-refractivity contribution in [1.82, 2.24) is 10.2 Å². The summed E-state index contributed by atoms with van der Waals surface area (Å²) >= 11 is 0. The topological polar surface area (TPSA) is 102 Å². The lowest BCUT2D eigenvalue weighted by Crippen LogP contribution is -2.44. The Morgan fingerprint density at radius 1 is 1.32 bits per heavy atom. The summed E-state index contributed by atoms with van der Waals surface area (Å²) < 4.78 is 0. The molecule has 0 aromatic heterocycles. The number of anilines is 1. The van der Waals surface area contributed by atoms with Gasteiger partial charge in [0.25, 0.3) is 5.91 Å². The predicted molar refractivity (Wildman–Crippen MR) is 92.5 cm³/mol. The van der Waals surface area contributed by atoms with Crippen LogP contribution in [0.2, 0.25) is 0 Å². The number of imide groups is 1. The van der Waals surface area contributed by atoms with E-state index in [-0.39, 0.29) is 12.5 Å². The third-order valence-electron chi connectivity index (χ3n) is 4.17. The first-order chi connectivity index (χ1) is 11.7. The van der Waals surface area contributed by atoms with E-state index in [4.69, 9.17) is 5.26 Å². The number of benzene rings is 1. The molecule has 2 N–H and O–H groups in total. The Hall–Kier alpha value is -2.88. The third-order valence-corrected chi connectivity index (χ3v) is 4.17. The first-order valence-corrected chi connectivity index (χ1v) is 8.19. The number of carbonyl (C=O) groups is 3. The fourth-order valence-corrected chi connectivity index (χ4v) is 2.61. The summed E-state index contributed by atoms with van der Waals surface area (Å²) in [6, 6.07) is 7.77. The third kappa shape index (κ3) is 4.35. The van der Waals surface area contributed by atoms with Gasteiger partial charge in [0.1, 0.15) is 12.1 Å². The van der Waals surface area contributed by atoms with Gasteiger partial charge >= 0.3 is 6.03 Å². The van der Waals surface area contributed by atoms with Crippen molar-refractivity contribution in [1.29, 1.82) is 5.26 Å². The Labute approximate surface area is 147 Å². The minimum absolute atomic E-state index is 0.345. The van der Waals surface area contributed by atoms with Crippen LogP contribution in [0.4, 0.5) is 10.5 Å². The molecule has 0 radical (unpaired) electrons. The molecule has 1 aromatic rings. The Bertz CT molecular complexity index is 721. The SMILES string of the molecule is CC(C)CCC1(C)NC(=O)N(CC(=O)Nc2ccc(C#N)cc2)C1=O. The lowest BCUT2D eigenvalue weighted by atomic mass is 9.92. The lowest BCUT2D eigenvalue weighted by molar-refractivity contribution is -0.133. The first kappa shape index (κ1) is 18.5. The van der Waals surface area contributed by atoms with Crippen LogP contribution < -0.4 is 10.6 Å². The number of rotatable bonds is 6. The number of nitriles is 1. The first-order valence-electron chi connectivity index (χ1n) is 8.19. The number of hydrogen-bond donors (Lipinski definition) is 2. The van der Waals surface area contributed by atoms with Crippen LogP contribution in [-0.4, -0.2) is 34.8 Å². The van der Waals surface area contributed by atoms with Crippen LogP contribution in [0.5, 0.6) is 0 Å². The molecule has 7 nitrogen and oxygen atoms in total. The summed E-state index contributed by atoms with van der Waals surface area (Å²) in [5.41, 5.74) is 0.0161. The van der Waals surface area contributed by atoms with Gasteiger partial charge in [0.05, 0.1) is 11.6 Å². The van der Waals surface area contributed by atoms with Gasteiger partial charge < -0.3 is 10.6 Å². The second-order valence-electron chi connectivity index (χ2n) is 6.82. The van der Waals surface area contributed by atoms with Gasteiger partial charge in [-0.25, -0.2) is 4.79 Å². The van der Waals surface area contributed by atoms with E-state index in [9.17, 15) is 14.4 Å². The van der Waals surface area contributed by atoms with Gasteiger partial charge in [-0.15, -0.1) is 0 Å². The average molecular weight is 342 g/mol. The van der Waals surface area contributed by atoms with E-state index in [2.05, 4.69) is 10.6 Å². The van der Waals surface area contributed by atoms with Gasteiger partial charge in [0.2, 0.25) is 5.91 Å². The van der Waals surface area contributed by atoms with Crippen LogP contribution in [0.25, 0.3) is 0 Å². The van der Waals surface area contributed by atoms with Crippen LogP contribution in [0.15, 0.2) is 24.3 Å².